The molecule has 1 aliphatic heterocycles. The maximum absolute atomic E-state index is 13.4. The van der Waals surface area contributed by atoms with Crippen molar-refractivity contribution in [3.05, 3.63) is 122 Å². The summed E-state index contributed by atoms with van der Waals surface area (Å²) < 4.78 is 139. The number of H-pyrrole nitrogens is 1. The third-order valence-corrected chi connectivity index (χ3v) is 16.6. The number of rotatable bonds is 14. The Morgan fingerprint density at radius 2 is 1.20 bits per heavy atom. The molecule has 74 heavy (non-hydrogen) atoms. The summed E-state index contributed by atoms with van der Waals surface area (Å²) in [5.74, 6) is 1.07. The van der Waals surface area contributed by atoms with Crippen LogP contribution in [0.3, 0.4) is 0 Å². The Kier molecular flexibility index (Phi) is 16.7. The molecule has 2 saturated carbocycles. The second-order valence-electron chi connectivity index (χ2n) is 19.6. The van der Waals surface area contributed by atoms with E-state index in [4.69, 9.17) is 4.74 Å². The Morgan fingerprint density at radius 1 is 0.716 bits per heavy atom. The zero-order valence-corrected chi connectivity index (χ0v) is 43.4. The molecular formula is C53H61F6N7O6S2. The number of aromatic amines is 1. The van der Waals surface area contributed by atoms with Crippen LogP contribution in [0.25, 0.3) is 44.6 Å². The first-order chi connectivity index (χ1) is 34.7. The first kappa shape index (κ1) is 55.9. The summed E-state index contributed by atoms with van der Waals surface area (Å²) in [4.78, 5) is 24.3. The smallest absolute Gasteiger partial charge is 0.419 e. The van der Waals surface area contributed by atoms with Crippen molar-refractivity contribution in [2.24, 2.45) is 0 Å². The molecule has 9 rings (SSSR count). The zero-order chi connectivity index (χ0) is 54.0. The van der Waals surface area contributed by atoms with Crippen molar-refractivity contribution in [3.8, 4) is 22.8 Å². The van der Waals surface area contributed by atoms with Gasteiger partial charge in [-0.05, 0) is 158 Å². The van der Waals surface area contributed by atoms with Gasteiger partial charge in [0.25, 0.3) is 0 Å². The van der Waals surface area contributed by atoms with Gasteiger partial charge < -0.3 is 15.0 Å². The number of carbonyl (C=O) groups is 1. The van der Waals surface area contributed by atoms with E-state index in [1.54, 1.807) is 26.8 Å². The van der Waals surface area contributed by atoms with E-state index in [9.17, 15) is 48.0 Å². The summed E-state index contributed by atoms with van der Waals surface area (Å²) >= 11 is 0. The van der Waals surface area contributed by atoms with E-state index in [0.29, 0.717) is 43.0 Å². The molecule has 2 N–H and O–H groups in total. The molecule has 0 unspecified atom stereocenters. The van der Waals surface area contributed by atoms with Crippen molar-refractivity contribution in [1.82, 2.24) is 33.4 Å². The minimum atomic E-state index is -4.77. The SMILES string of the molecule is C1CCNC1.C=CCN([C@@H](C)C(F)(F)F)S(=O)(=O)c1ccc(-c2cc3ccc(C4CC4)cc3[nH]2)nc1.C=CCN([C@@H](C)C(F)(F)F)S(=O)(=O)c1ccc(-c2cc3ccc(C4CC4)cc3n2C(=O)OC(C)(C)C)nc1. The number of sulfonamides is 2. The Hall–Kier alpha value is -5.87. The summed E-state index contributed by atoms with van der Waals surface area (Å²) in [5, 5.41) is 5.00. The minimum Gasteiger partial charge on any atom is -0.443 e. The van der Waals surface area contributed by atoms with Crippen LogP contribution in [-0.2, 0) is 24.8 Å². The molecule has 6 aromatic rings. The fraction of sp³-hybridized carbons (Fsp3) is 0.415. The Labute approximate surface area is 427 Å². The van der Waals surface area contributed by atoms with Gasteiger partial charge in [-0.15, -0.1) is 13.2 Å². The average Bonchev–Trinajstić information content (AvgIpc) is 4.22. The predicted molar refractivity (Wildman–Crippen MR) is 274 cm³/mol. The Balaban J connectivity index is 0.000000200. The van der Waals surface area contributed by atoms with Crippen molar-refractivity contribution >= 4 is 47.9 Å². The molecule has 3 aliphatic rings. The summed E-state index contributed by atoms with van der Waals surface area (Å²) in [6.07, 6.45) is 1.56. The fourth-order valence-corrected chi connectivity index (χ4v) is 11.4. The van der Waals surface area contributed by atoms with Gasteiger partial charge in [-0.1, -0.05) is 36.4 Å². The third-order valence-electron chi connectivity index (χ3n) is 12.8. The number of pyridine rings is 2. The van der Waals surface area contributed by atoms with Gasteiger partial charge in [-0.3, -0.25) is 9.97 Å². The van der Waals surface area contributed by atoms with Crippen LogP contribution in [0.1, 0.15) is 96.1 Å². The molecule has 0 amide bonds. The van der Waals surface area contributed by atoms with Gasteiger partial charge in [0, 0.05) is 41.8 Å². The maximum atomic E-state index is 13.4. The fourth-order valence-electron chi connectivity index (χ4n) is 8.32. The minimum absolute atomic E-state index is 0.262. The number of fused-ring (bicyclic) bond motifs is 2. The van der Waals surface area contributed by atoms with E-state index in [2.05, 4.69) is 45.6 Å². The first-order valence-electron chi connectivity index (χ1n) is 24.3. The zero-order valence-electron chi connectivity index (χ0n) is 41.8. The van der Waals surface area contributed by atoms with Gasteiger partial charge in [-0.25, -0.2) is 26.2 Å². The lowest BCUT2D eigenvalue weighted by molar-refractivity contribution is -0.166. The summed E-state index contributed by atoms with van der Waals surface area (Å²) in [6, 6.07) is 16.7. The highest BCUT2D eigenvalue weighted by Gasteiger charge is 2.46. The van der Waals surface area contributed by atoms with Crippen LogP contribution < -0.4 is 5.32 Å². The number of hydrogen-bond donors (Lipinski definition) is 2. The van der Waals surface area contributed by atoms with Crippen LogP contribution in [0.2, 0.25) is 0 Å². The van der Waals surface area contributed by atoms with E-state index in [0.717, 1.165) is 73.1 Å². The predicted octanol–water partition coefficient (Wildman–Crippen LogP) is 12.1. The molecule has 2 aromatic carbocycles. The van der Waals surface area contributed by atoms with E-state index in [1.165, 1.54) is 73.2 Å². The second kappa shape index (κ2) is 22.1. The molecule has 2 atom stereocenters. The number of hydrogen-bond acceptors (Lipinski definition) is 9. The van der Waals surface area contributed by atoms with Gasteiger partial charge in [0.05, 0.1) is 28.3 Å². The molecule has 5 heterocycles. The maximum Gasteiger partial charge on any atom is 0.419 e. The highest BCUT2D eigenvalue weighted by atomic mass is 32.2. The van der Waals surface area contributed by atoms with Gasteiger partial charge >= 0.3 is 18.4 Å². The highest BCUT2D eigenvalue weighted by Crippen LogP contribution is 2.43. The van der Waals surface area contributed by atoms with Crippen molar-refractivity contribution in [3.63, 3.8) is 0 Å². The molecule has 398 valence electrons. The number of nitrogens with zero attached hydrogens (tertiary/aromatic N) is 5. The van der Waals surface area contributed by atoms with Crippen LogP contribution >= 0.6 is 0 Å². The molecule has 2 aliphatic carbocycles. The van der Waals surface area contributed by atoms with Crippen molar-refractivity contribution < 1.29 is 52.7 Å². The Morgan fingerprint density at radius 3 is 1.62 bits per heavy atom. The lowest BCUT2D eigenvalue weighted by Gasteiger charge is -2.28. The number of nitrogens with one attached hydrogen (secondary N) is 2. The van der Waals surface area contributed by atoms with Gasteiger partial charge in [0.15, 0.2) is 0 Å². The van der Waals surface area contributed by atoms with E-state index in [1.807, 2.05) is 30.3 Å². The molecule has 0 radical (unpaired) electrons. The largest absolute Gasteiger partial charge is 0.443 e. The van der Waals surface area contributed by atoms with Crippen LogP contribution in [0.15, 0.2) is 120 Å². The monoisotopic (exact) mass is 1070 g/mol. The number of alkyl halides is 6. The number of aromatic nitrogens is 4. The molecule has 0 bridgehead atoms. The van der Waals surface area contributed by atoms with Gasteiger partial charge in [0.1, 0.15) is 27.5 Å². The molecule has 13 nitrogen and oxygen atoms in total. The quantitative estimate of drug-likeness (QED) is 0.0799. The van der Waals surface area contributed by atoms with E-state index in [-0.39, 0.29) is 10.6 Å². The number of carbonyl (C=O) groups excluding carboxylic acids is 1. The number of benzene rings is 2. The number of halogens is 6. The van der Waals surface area contributed by atoms with Crippen LogP contribution in [0.5, 0.6) is 0 Å². The second-order valence-corrected chi connectivity index (χ2v) is 23.4. The van der Waals surface area contributed by atoms with Crippen molar-refractivity contribution in [2.45, 2.75) is 125 Å². The van der Waals surface area contributed by atoms with Gasteiger partial charge in [-0.2, -0.15) is 35.0 Å². The Bertz CT molecular complexity index is 3180. The van der Waals surface area contributed by atoms with E-state index < -0.39 is 74.2 Å². The molecule has 21 heteroatoms. The summed E-state index contributed by atoms with van der Waals surface area (Å²) in [6.45, 7) is 15.1. The molecular weight excluding hydrogens is 1010 g/mol. The van der Waals surface area contributed by atoms with Crippen LogP contribution in [0.4, 0.5) is 31.1 Å². The topological polar surface area (TPSA) is 160 Å². The van der Waals surface area contributed by atoms with Crippen LogP contribution in [-0.4, -0.2) is 107 Å². The van der Waals surface area contributed by atoms with Gasteiger partial charge in [0.2, 0.25) is 20.0 Å². The average molecular weight is 1070 g/mol. The van der Waals surface area contributed by atoms with Crippen molar-refractivity contribution in [2.75, 3.05) is 26.2 Å². The molecule has 3 fully saturated rings. The van der Waals surface area contributed by atoms with Crippen molar-refractivity contribution in [1.29, 1.82) is 0 Å². The van der Waals surface area contributed by atoms with E-state index >= 15 is 0 Å². The normalized spacial score (nSPS) is 16.3. The van der Waals surface area contributed by atoms with Crippen LogP contribution in [0, 0.1) is 0 Å². The standard InChI is InChI=1S/C27H30F3N3O4S.C22H22F3N3O2S.C4H9N/c1-6-13-32(17(2)27(28,29)30)38(35,36)21-11-12-22(31-16-21)24-15-20-10-9-19(18-7-8-18)14-23(20)33(24)25(34)37-26(3,4)5;1-3-10-28(14(2)22(23,24)25)31(29,30)18-8-9-19(26-13-18)21-12-17-7-6-16(15-4-5-15)11-20(17)27-21;1-2-4-5-3-1/h6,9-12,14-18H,1,7-8,13H2,2-5H3;3,6-9,11-15,27H,1,4-5,10H2,2H3;5H,1-4H2/t17-;14-;/m00./s1. The summed E-state index contributed by atoms with van der Waals surface area (Å²) in [7, 11) is -8.95. The third kappa shape index (κ3) is 13.1. The summed E-state index contributed by atoms with van der Waals surface area (Å²) in [5.41, 5.74) is 5.08. The number of ether oxygens (including phenoxy) is 1. The molecule has 0 spiro atoms. The molecule has 4 aromatic heterocycles. The molecule has 1 saturated heterocycles. The first-order valence-corrected chi connectivity index (χ1v) is 27.2. The highest BCUT2D eigenvalue weighted by molar-refractivity contribution is 7.89. The lowest BCUT2D eigenvalue weighted by atomic mass is 10.1. The lowest BCUT2D eigenvalue weighted by Crippen LogP contribution is -2.46.